The van der Waals surface area contributed by atoms with E-state index >= 15 is 0 Å². The van der Waals surface area contributed by atoms with Crippen LogP contribution in [0.15, 0.2) is 30.5 Å². The Morgan fingerprint density at radius 3 is 2.18 bits per heavy atom. The van der Waals surface area contributed by atoms with E-state index in [2.05, 4.69) is 15.6 Å². The molecule has 0 bridgehead atoms. The predicted octanol–water partition coefficient (Wildman–Crippen LogP) is -2.30. The molecule has 0 fully saturated rings. The first-order chi connectivity index (χ1) is 18.3. The number of hydrogen-bond donors (Lipinski definition) is 9. The van der Waals surface area contributed by atoms with Crippen molar-refractivity contribution in [2.75, 3.05) is 0 Å². The Balaban J connectivity index is 2.14. The van der Waals surface area contributed by atoms with Crippen molar-refractivity contribution in [3.8, 4) is 0 Å². The molecule has 0 radical (unpaired) electrons. The van der Waals surface area contributed by atoms with Crippen molar-refractivity contribution in [2.45, 2.75) is 62.9 Å². The van der Waals surface area contributed by atoms with Crippen LogP contribution in [-0.4, -0.2) is 86.1 Å². The van der Waals surface area contributed by atoms with Gasteiger partial charge in [-0.3, -0.25) is 24.0 Å². The fourth-order valence-corrected chi connectivity index (χ4v) is 3.77. The highest BCUT2D eigenvalue weighted by Crippen LogP contribution is 2.18. The number of benzene rings is 1. The molecule has 212 valence electrons. The predicted molar refractivity (Wildman–Crippen MR) is 136 cm³/mol. The van der Waals surface area contributed by atoms with E-state index in [1.165, 1.54) is 0 Å². The molecular formula is C24H32N6O9. The fraction of sp³-hybridized carbons (Fsp3) is 0.417. The summed E-state index contributed by atoms with van der Waals surface area (Å²) in [6, 6.07) is 1.32. The van der Waals surface area contributed by atoms with Crippen LogP contribution >= 0.6 is 0 Å². The Kier molecular flexibility index (Phi) is 10.9. The van der Waals surface area contributed by atoms with Gasteiger partial charge >= 0.3 is 11.9 Å². The summed E-state index contributed by atoms with van der Waals surface area (Å²) in [4.78, 5) is 75.0. The second-order valence-electron chi connectivity index (χ2n) is 8.96. The number of aromatic amines is 1. The second kappa shape index (κ2) is 13.9. The van der Waals surface area contributed by atoms with Crippen molar-refractivity contribution in [1.29, 1.82) is 0 Å². The summed E-state index contributed by atoms with van der Waals surface area (Å²) in [7, 11) is 0. The third-order valence-corrected chi connectivity index (χ3v) is 5.81. The van der Waals surface area contributed by atoms with Crippen LogP contribution < -0.4 is 27.4 Å². The molecule has 0 saturated heterocycles. The van der Waals surface area contributed by atoms with Gasteiger partial charge in [0.05, 0.1) is 18.6 Å². The monoisotopic (exact) mass is 548 g/mol. The summed E-state index contributed by atoms with van der Waals surface area (Å²) in [6.07, 6.45) is -1.40. The number of aliphatic hydroxyl groups excluding tert-OH is 1. The molecule has 11 N–H and O–H groups in total. The topological polar surface area (TPSA) is 267 Å². The van der Waals surface area contributed by atoms with Crippen LogP contribution in [0.5, 0.6) is 0 Å². The number of rotatable bonds is 15. The Morgan fingerprint density at radius 2 is 1.59 bits per heavy atom. The van der Waals surface area contributed by atoms with E-state index in [0.717, 1.165) is 23.4 Å². The van der Waals surface area contributed by atoms with Gasteiger partial charge in [-0.05, 0) is 31.4 Å². The zero-order chi connectivity index (χ0) is 29.3. The number of carbonyl (C=O) groups excluding carboxylic acids is 4. The van der Waals surface area contributed by atoms with Crippen LogP contribution in [0.1, 0.15) is 31.7 Å². The van der Waals surface area contributed by atoms with Crippen molar-refractivity contribution >= 4 is 46.5 Å². The van der Waals surface area contributed by atoms with Crippen LogP contribution in [0.4, 0.5) is 0 Å². The number of carboxylic acid groups (broad SMARTS) is 2. The van der Waals surface area contributed by atoms with Gasteiger partial charge in [-0.15, -0.1) is 0 Å². The summed E-state index contributed by atoms with van der Waals surface area (Å²) >= 11 is 0. The van der Waals surface area contributed by atoms with Crippen LogP contribution in [0.2, 0.25) is 0 Å². The maximum Gasteiger partial charge on any atom is 0.326 e. The lowest BCUT2D eigenvalue weighted by Gasteiger charge is -2.26. The number of carbonyl (C=O) groups is 6. The highest BCUT2D eigenvalue weighted by molar-refractivity contribution is 5.95. The third-order valence-electron chi connectivity index (χ3n) is 5.81. The number of H-pyrrole nitrogens is 1. The van der Waals surface area contributed by atoms with Crippen molar-refractivity contribution in [3.63, 3.8) is 0 Å². The number of primary amides is 1. The molecule has 2 aromatic rings. The average molecular weight is 549 g/mol. The van der Waals surface area contributed by atoms with Crippen LogP contribution in [0.3, 0.4) is 0 Å². The maximum absolute atomic E-state index is 13.0. The van der Waals surface area contributed by atoms with Crippen molar-refractivity contribution in [3.05, 3.63) is 36.0 Å². The zero-order valence-electron chi connectivity index (χ0n) is 21.0. The van der Waals surface area contributed by atoms with E-state index in [1.54, 1.807) is 6.20 Å². The molecule has 0 saturated carbocycles. The number of aliphatic hydroxyl groups is 1. The molecule has 39 heavy (non-hydrogen) atoms. The SMILES string of the molecule is CC(O)C(NC(=O)C(CCC(=O)O)NC(=O)C(N)Cc1c[nH]c2ccccc12)C(=O)NC(CC(N)=O)C(=O)O. The molecule has 15 heteroatoms. The van der Waals surface area contributed by atoms with Crippen molar-refractivity contribution < 1.29 is 44.1 Å². The fourth-order valence-electron chi connectivity index (χ4n) is 3.77. The number of amides is 4. The van der Waals surface area contributed by atoms with Crippen molar-refractivity contribution in [2.24, 2.45) is 11.5 Å². The maximum atomic E-state index is 13.0. The molecule has 0 aliphatic rings. The molecule has 0 spiro atoms. The number of nitrogens with one attached hydrogen (secondary N) is 4. The number of fused-ring (bicyclic) bond motifs is 1. The quantitative estimate of drug-likeness (QED) is 0.115. The molecule has 5 unspecified atom stereocenters. The molecule has 0 aliphatic carbocycles. The van der Waals surface area contributed by atoms with Crippen LogP contribution in [0.25, 0.3) is 10.9 Å². The molecule has 5 atom stereocenters. The van der Waals surface area contributed by atoms with Gasteiger partial charge in [-0.1, -0.05) is 18.2 Å². The Labute approximate surface area is 222 Å². The lowest BCUT2D eigenvalue weighted by molar-refractivity contribution is -0.144. The second-order valence-corrected chi connectivity index (χ2v) is 8.96. The van der Waals surface area contributed by atoms with Crippen LogP contribution in [-0.2, 0) is 35.2 Å². The Hall–Kier alpha value is -4.50. The van der Waals surface area contributed by atoms with E-state index < -0.39 is 78.7 Å². The van der Waals surface area contributed by atoms with Gasteiger partial charge in [0.2, 0.25) is 23.6 Å². The first-order valence-electron chi connectivity index (χ1n) is 11.9. The lowest BCUT2D eigenvalue weighted by atomic mass is 10.0. The molecule has 1 heterocycles. The van der Waals surface area contributed by atoms with E-state index in [4.69, 9.17) is 16.6 Å². The average Bonchev–Trinajstić information content (AvgIpc) is 3.26. The molecule has 1 aromatic heterocycles. The summed E-state index contributed by atoms with van der Waals surface area (Å²) < 4.78 is 0. The molecule has 2 rings (SSSR count). The number of carboxylic acids is 2. The first-order valence-corrected chi connectivity index (χ1v) is 11.9. The summed E-state index contributed by atoms with van der Waals surface area (Å²) in [6.45, 7) is 1.14. The largest absolute Gasteiger partial charge is 0.481 e. The van der Waals surface area contributed by atoms with Crippen molar-refractivity contribution in [1.82, 2.24) is 20.9 Å². The Bertz CT molecular complexity index is 1230. The van der Waals surface area contributed by atoms with Gasteiger partial charge in [0.25, 0.3) is 0 Å². The minimum absolute atomic E-state index is 0.0955. The normalized spacial score (nSPS) is 14.8. The van der Waals surface area contributed by atoms with E-state index in [1.807, 2.05) is 29.6 Å². The summed E-state index contributed by atoms with van der Waals surface area (Å²) in [5, 5.41) is 35.7. The van der Waals surface area contributed by atoms with E-state index in [-0.39, 0.29) is 12.8 Å². The minimum Gasteiger partial charge on any atom is -0.481 e. The molecule has 4 amide bonds. The van der Waals surface area contributed by atoms with Gasteiger partial charge in [0, 0.05) is 23.5 Å². The number of hydrogen-bond acceptors (Lipinski definition) is 8. The number of aliphatic carboxylic acids is 2. The number of aromatic nitrogens is 1. The lowest BCUT2D eigenvalue weighted by Crippen LogP contribution is -2.60. The van der Waals surface area contributed by atoms with E-state index in [9.17, 15) is 39.0 Å². The number of para-hydroxylation sites is 1. The highest BCUT2D eigenvalue weighted by Gasteiger charge is 2.33. The molecule has 15 nitrogen and oxygen atoms in total. The Morgan fingerprint density at radius 1 is 0.949 bits per heavy atom. The van der Waals surface area contributed by atoms with Crippen LogP contribution in [0, 0.1) is 0 Å². The van der Waals surface area contributed by atoms with Gasteiger partial charge in [-0.25, -0.2) is 4.79 Å². The van der Waals surface area contributed by atoms with Gasteiger partial charge in [0.15, 0.2) is 0 Å². The number of nitrogens with two attached hydrogens (primary N) is 2. The smallest absolute Gasteiger partial charge is 0.326 e. The molecule has 1 aromatic carbocycles. The summed E-state index contributed by atoms with van der Waals surface area (Å²) in [5.41, 5.74) is 12.6. The van der Waals surface area contributed by atoms with E-state index in [0.29, 0.717) is 0 Å². The molecular weight excluding hydrogens is 516 g/mol. The first kappa shape index (κ1) is 30.7. The van der Waals surface area contributed by atoms with Gasteiger partial charge < -0.3 is 47.7 Å². The van der Waals surface area contributed by atoms with Gasteiger partial charge in [-0.2, -0.15) is 0 Å². The zero-order valence-corrected chi connectivity index (χ0v) is 21.0. The third kappa shape index (κ3) is 9.08. The minimum atomic E-state index is -1.72. The summed E-state index contributed by atoms with van der Waals surface area (Å²) in [5.74, 6) is -6.78. The highest BCUT2D eigenvalue weighted by atomic mass is 16.4. The molecule has 0 aliphatic heterocycles. The van der Waals surface area contributed by atoms with Gasteiger partial charge in [0.1, 0.15) is 18.1 Å². The standard InChI is InChI=1S/C24H32N6O9/c1-11(31)20(23(37)29-17(24(38)39)9-18(26)32)30-22(36)16(6-7-19(33)34)28-21(35)14(25)8-12-10-27-15-5-3-2-4-13(12)15/h2-5,10-11,14,16-17,20,27,31H,6-9,25H2,1H3,(H2,26,32)(H,28,35)(H,29,37)(H,30,36)(H,33,34)(H,38,39).